The van der Waals surface area contributed by atoms with Gasteiger partial charge in [-0.15, -0.1) is 0 Å². The molecule has 2 aliphatic heterocycles. The first-order valence-electron chi connectivity index (χ1n) is 7.03. The zero-order valence-corrected chi connectivity index (χ0v) is 11.0. The number of ether oxygens (including phenoxy) is 1. The summed E-state index contributed by atoms with van der Waals surface area (Å²) in [6, 6.07) is 7.67. The van der Waals surface area contributed by atoms with Crippen LogP contribution in [0.5, 0.6) is 5.75 Å². The summed E-state index contributed by atoms with van der Waals surface area (Å²) in [5, 5.41) is 12.9. The summed E-state index contributed by atoms with van der Waals surface area (Å²) in [4.78, 5) is 4.53. The fourth-order valence-corrected chi connectivity index (χ4v) is 2.74. The van der Waals surface area contributed by atoms with Crippen LogP contribution in [0.2, 0.25) is 0 Å². The van der Waals surface area contributed by atoms with Crippen molar-refractivity contribution in [3.63, 3.8) is 0 Å². The monoisotopic (exact) mass is 260 g/mol. The Labute approximate surface area is 113 Å². The van der Waals surface area contributed by atoms with E-state index >= 15 is 0 Å². The smallest absolute Gasteiger partial charge is 0.201 e. The van der Waals surface area contributed by atoms with Crippen molar-refractivity contribution in [1.82, 2.24) is 5.32 Å². The fourth-order valence-electron chi connectivity index (χ4n) is 2.74. The lowest BCUT2D eigenvalue weighted by atomic mass is 10.1. The second-order valence-electron chi connectivity index (χ2n) is 5.30. The Morgan fingerprint density at radius 1 is 1.37 bits per heavy atom. The molecule has 0 bridgehead atoms. The number of benzene rings is 1. The molecule has 2 unspecified atom stereocenters. The minimum Gasteiger partial charge on any atom is -0.508 e. The standard InChI is InChI=1S/C15H20N2O2/c18-12-5-3-4-11(8-12)9-13-10-17-15(19-13)14-6-1-2-7-16-14/h3-5,8,13-14,16,18H,1-2,6-7,9-10H2. The third-order valence-corrected chi connectivity index (χ3v) is 3.72. The summed E-state index contributed by atoms with van der Waals surface area (Å²) in [5.41, 5.74) is 1.10. The third-order valence-electron chi connectivity index (χ3n) is 3.72. The first-order chi connectivity index (χ1) is 9.31. The molecule has 0 aromatic heterocycles. The Balaban J connectivity index is 1.55. The number of hydrogen-bond acceptors (Lipinski definition) is 4. The maximum Gasteiger partial charge on any atom is 0.201 e. The molecule has 102 valence electrons. The molecule has 1 fully saturated rings. The van der Waals surface area contributed by atoms with Crippen molar-refractivity contribution in [3.05, 3.63) is 29.8 Å². The van der Waals surface area contributed by atoms with Gasteiger partial charge >= 0.3 is 0 Å². The summed E-state index contributed by atoms with van der Waals surface area (Å²) < 4.78 is 5.95. The van der Waals surface area contributed by atoms with E-state index in [1.54, 1.807) is 12.1 Å². The largest absolute Gasteiger partial charge is 0.508 e. The van der Waals surface area contributed by atoms with E-state index in [9.17, 15) is 5.11 Å². The molecule has 4 nitrogen and oxygen atoms in total. The highest BCUT2D eigenvalue weighted by Crippen LogP contribution is 2.19. The van der Waals surface area contributed by atoms with Gasteiger partial charge in [-0.3, -0.25) is 4.99 Å². The van der Waals surface area contributed by atoms with Crippen LogP contribution in [0.4, 0.5) is 0 Å². The van der Waals surface area contributed by atoms with Crippen molar-refractivity contribution < 1.29 is 9.84 Å². The Kier molecular flexibility index (Phi) is 3.69. The number of aliphatic imine (C=N–C) groups is 1. The van der Waals surface area contributed by atoms with Crippen molar-refractivity contribution in [1.29, 1.82) is 0 Å². The van der Waals surface area contributed by atoms with Crippen LogP contribution in [-0.2, 0) is 11.2 Å². The van der Waals surface area contributed by atoms with Crippen molar-refractivity contribution in [2.75, 3.05) is 13.1 Å². The van der Waals surface area contributed by atoms with Crippen molar-refractivity contribution in [3.8, 4) is 5.75 Å². The fraction of sp³-hybridized carbons (Fsp3) is 0.533. The van der Waals surface area contributed by atoms with Crippen LogP contribution < -0.4 is 5.32 Å². The Morgan fingerprint density at radius 2 is 2.32 bits per heavy atom. The van der Waals surface area contributed by atoms with Crippen LogP contribution in [0.3, 0.4) is 0 Å². The topological polar surface area (TPSA) is 53.9 Å². The number of nitrogens with one attached hydrogen (secondary N) is 1. The molecular weight excluding hydrogens is 240 g/mol. The van der Waals surface area contributed by atoms with Gasteiger partial charge in [-0.25, -0.2) is 0 Å². The Bertz CT molecular complexity index is 467. The number of phenols is 1. The summed E-state index contributed by atoms with van der Waals surface area (Å²) in [7, 11) is 0. The molecule has 0 saturated carbocycles. The predicted octanol–water partition coefficient (Wildman–Crippen LogP) is 1.87. The summed E-state index contributed by atoms with van der Waals surface area (Å²) in [6.07, 6.45) is 4.53. The van der Waals surface area contributed by atoms with Crippen LogP contribution in [0, 0.1) is 0 Å². The maximum absolute atomic E-state index is 9.46. The van der Waals surface area contributed by atoms with Gasteiger partial charge in [0.25, 0.3) is 0 Å². The quantitative estimate of drug-likeness (QED) is 0.872. The van der Waals surface area contributed by atoms with E-state index in [-0.39, 0.29) is 6.10 Å². The molecule has 0 aliphatic carbocycles. The average Bonchev–Trinajstić information content (AvgIpc) is 2.88. The van der Waals surface area contributed by atoms with Gasteiger partial charge in [0.2, 0.25) is 5.90 Å². The molecule has 19 heavy (non-hydrogen) atoms. The Hall–Kier alpha value is -1.55. The van der Waals surface area contributed by atoms with E-state index in [0.29, 0.717) is 11.8 Å². The second-order valence-corrected chi connectivity index (χ2v) is 5.30. The van der Waals surface area contributed by atoms with Crippen LogP contribution in [0.1, 0.15) is 24.8 Å². The van der Waals surface area contributed by atoms with Gasteiger partial charge in [0.15, 0.2) is 0 Å². The van der Waals surface area contributed by atoms with E-state index in [1.165, 1.54) is 12.8 Å². The highest BCUT2D eigenvalue weighted by Gasteiger charge is 2.27. The van der Waals surface area contributed by atoms with Crippen molar-refractivity contribution >= 4 is 5.90 Å². The summed E-state index contributed by atoms with van der Waals surface area (Å²) in [5.74, 6) is 1.19. The molecule has 1 aromatic carbocycles. The maximum atomic E-state index is 9.46. The second kappa shape index (κ2) is 5.61. The summed E-state index contributed by atoms with van der Waals surface area (Å²) >= 11 is 0. The number of piperidine rings is 1. The van der Waals surface area contributed by atoms with Gasteiger partial charge in [0.1, 0.15) is 11.9 Å². The molecule has 2 heterocycles. The third kappa shape index (κ3) is 3.07. The van der Waals surface area contributed by atoms with Gasteiger partial charge in [-0.1, -0.05) is 18.6 Å². The molecule has 1 aromatic rings. The normalized spacial score (nSPS) is 26.8. The molecule has 2 N–H and O–H groups in total. The molecule has 0 amide bonds. The predicted molar refractivity (Wildman–Crippen MR) is 74.6 cm³/mol. The molecule has 0 spiro atoms. The van der Waals surface area contributed by atoms with Crippen LogP contribution >= 0.6 is 0 Å². The van der Waals surface area contributed by atoms with Gasteiger partial charge in [0, 0.05) is 6.42 Å². The molecule has 2 aliphatic rings. The van der Waals surface area contributed by atoms with Gasteiger partial charge < -0.3 is 15.2 Å². The summed E-state index contributed by atoms with van der Waals surface area (Å²) in [6.45, 7) is 1.79. The molecule has 2 atom stereocenters. The van der Waals surface area contributed by atoms with E-state index in [1.807, 2.05) is 12.1 Å². The molecule has 1 saturated heterocycles. The van der Waals surface area contributed by atoms with Crippen LogP contribution in [-0.4, -0.2) is 36.2 Å². The van der Waals surface area contributed by atoms with E-state index < -0.39 is 0 Å². The first kappa shape index (κ1) is 12.5. The van der Waals surface area contributed by atoms with Gasteiger partial charge in [0.05, 0.1) is 12.6 Å². The van der Waals surface area contributed by atoms with E-state index in [4.69, 9.17) is 4.74 Å². The zero-order chi connectivity index (χ0) is 13.1. The molecule has 0 radical (unpaired) electrons. The highest BCUT2D eigenvalue weighted by atomic mass is 16.5. The number of rotatable bonds is 3. The number of nitrogens with zero attached hydrogens (tertiary/aromatic N) is 1. The lowest BCUT2D eigenvalue weighted by Crippen LogP contribution is -2.41. The minimum absolute atomic E-state index is 0.112. The number of hydrogen-bond donors (Lipinski definition) is 2. The molecule has 4 heteroatoms. The Morgan fingerprint density at radius 3 is 3.11 bits per heavy atom. The van der Waals surface area contributed by atoms with Crippen molar-refractivity contribution in [2.24, 2.45) is 4.99 Å². The lowest BCUT2D eigenvalue weighted by Gasteiger charge is -2.23. The van der Waals surface area contributed by atoms with E-state index in [0.717, 1.165) is 37.4 Å². The van der Waals surface area contributed by atoms with E-state index in [2.05, 4.69) is 10.3 Å². The highest BCUT2D eigenvalue weighted by molar-refractivity contribution is 5.83. The van der Waals surface area contributed by atoms with Crippen molar-refractivity contribution in [2.45, 2.75) is 37.8 Å². The zero-order valence-electron chi connectivity index (χ0n) is 11.0. The molecule has 3 rings (SSSR count). The average molecular weight is 260 g/mol. The van der Waals surface area contributed by atoms with Crippen LogP contribution in [0.25, 0.3) is 0 Å². The van der Waals surface area contributed by atoms with Crippen LogP contribution in [0.15, 0.2) is 29.3 Å². The SMILES string of the molecule is Oc1cccc(CC2CN=C(C3CCCCN3)O2)c1. The lowest BCUT2D eigenvalue weighted by molar-refractivity contribution is 0.209. The number of phenolic OH excluding ortho intramolecular Hbond substituents is 1. The first-order valence-corrected chi connectivity index (χ1v) is 7.03. The minimum atomic E-state index is 0.112. The van der Waals surface area contributed by atoms with Gasteiger partial charge in [-0.2, -0.15) is 0 Å². The van der Waals surface area contributed by atoms with Gasteiger partial charge in [-0.05, 0) is 37.1 Å². The molecular formula is C15H20N2O2. The number of aromatic hydroxyl groups is 1.